The molecule has 0 spiro atoms. The molecule has 0 aromatic heterocycles. The topological polar surface area (TPSA) is 29.5 Å². The molecule has 0 fully saturated rings. The second-order valence-electron chi connectivity index (χ2n) is 5.63. The zero-order valence-electron chi connectivity index (χ0n) is 11.8. The van der Waals surface area contributed by atoms with Gasteiger partial charge in [-0.2, -0.15) is 0 Å². The van der Waals surface area contributed by atoms with Crippen LogP contribution in [0.25, 0.3) is 0 Å². The largest absolute Gasteiger partial charge is 0.384 e. The average Bonchev–Trinajstić information content (AvgIpc) is 2.32. The van der Waals surface area contributed by atoms with Gasteiger partial charge in [-0.15, -0.1) is 0 Å². The molecule has 19 heavy (non-hydrogen) atoms. The number of aliphatic hydroxyl groups is 1. The van der Waals surface area contributed by atoms with Gasteiger partial charge in [0.1, 0.15) is 12.4 Å². The summed E-state index contributed by atoms with van der Waals surface area (Å²) in [5.74, 6) is 4.84. The normalized spacial score (nSPS) is 11.0. The molecule has 104 valence electrons. The smallest absolute Gasteiger partial charge is 0.129 e. The first-order chi connectivity index (χ1) is 8.92. The first-order valence-corrected chi connectivity index (χ1v) is 6.38. The highest BCUT2D eigenvalue weighted by Crippen LogP contribution is 2.18. The van der Waals surface area contributed by atoms with Gasteiger partial charge in [0.2, 0.25) is 0 Å². The van der Waals surface area contributed by atoms with Crippen molar-refractivity contribution in [1.29, 1.82) is 0 Å². The van der Waals surface area contributed by atoms with E-state index in [1.54, 1.807) is 12.1 Å². The molecule has 0 unspecified atom stereocenters. The molecule has 0 saturated heterocycles. The third kappa shape index (κ3) is 6.37. The number of ether oxygens (including phenoxy) is 1. The van der Waals surface area contributed by atoms with Crippen molar-refractivity contribution in [2.24, 2.45) is 5.41 Å². The molecule has 1 rings (SSSR count). The van der Waals surface area contributed by atoms with Crippen LogP contribution in [0.5, 0.6) is 0 Å². The van der Waals surface area contributed by atoms with Gasteiger partial charge in [-0.3, -0.25) is 0 Å². The summed E-state index contributed by atoms with van der Waals surface area (Å²) >= 11 is 0. The van der Waals surface area contributed by atoms with E-state index in [0.29, 0.717) is 17.7 Å². The molecule has 1 N–H and O–H groups in total. The quantitative estimate of drug-likeness (QED) is 0.669. The zero-order valence-corrected chi connectivity index (χ0v) is 11.8. The summed E-state index contributed by atoms with van der Waals surface area (Å²) in [4.78, 5) is 0. The van der Waals surface area contributed by atoms with Crippen LogP contribution in [-0.2, 0) is 11.3 Å². The Bertz CT molecular complexity index is 464. The van der Waals surface area contributed by atoms with Crippen molar-refractivity contribution in [3.8, 4) is 11.8 Å². The van der Waals surface area contributed by atoms with E-state index in [1.807, 2.05) is 0 Å². The van der Waals surface area contributed by atoms with Gasteiger partial charge in [-0.25, -0.2) is 4.39 Å². The Morgan fingerprint density at radius 2 is 2.05 bits per heavy atom. The van der Waals surface area contributed by atoms with E-state index in [1.165, 1.54) is 6.07 Å². The van der Waals surface area contributed by atoms with Gasteiger partial charge in [0, 0.05) is 17.7 Å². The van der Waals surface area contributed by atoms with Crippen LogP contribution in [0.3, 0.4) is 0 Å². The Kier molecular flexibility index (Phi) is 6.01. The number of hydrogen-bond acceptors (Lipinski definition) is 2. The van der Waals surface area contributed by atoms with Crippen molar-refractivity contribution in [2.45, 2.75) is 33.8 Å². The summed E-state index contributed by atoms with van der Waals surface area (Å²) in [7, 11) is 0. The molecule has 2 nitrogen and oxygen atoms in total. The van der Waals surface area contributed by atoms with E-state index in [4.69, 9.17) is 9.84 Å². The molecule has 0 aliphatic heterocycles. The molecule has 3 heteroatoms. The average molecular weight is 264 g/mol. The Morgan fingerprint density at radius 3 is 2.63 bits per heavy atom. The summed E-state index contributed by atoms with van der Waals surface area (Å²) in [6.45, 7) is 7.10. The zero-order chi connectivity index (χ0) is 14.3. The van der Waals surface area contributed by atoms with Crippen molar-refractivity contribution in [3.63, 3.8) is 0 Å². The molecule has 0 atom stereocenters. The maximum atomic E-state index is 13.7. The molecule has 0 bridgehead atoms. The highest BCUT2D eigenvalue weighted by atomic mass is 19.1. The fourth-order valence-corrected chi connectivity index (χ4v) is 1.44. The lowest BCUT2D eigenvalue weighted by Gasteiger charge is -2.17. The van der Waals surface area contributed by atoms with Gasteiger partial charge in [-0.05, 0) is 24.0 Å². The van der Waals surface area contributed by atoms with E-state index < -0.39 is 0 Å². The predicted molar refractivity (Wildman–Crippen MR) is 74.1 cm³/mol. The number of aliphatic hydroxyl groups excluding tert-OH is 1. The van der Waals surface area contributed by atoms with Crippen LogP contribution in [0, 0.1) is 23.1 Å². The Morgan fingerprint density at radius 1 is 1.32 bits per heavy atom. The van der Waals surface area contributed by atoms with Crippen molar-refractivity contribution < 1.29 is 14.2 Å². The number of hydrogen-bond donors (Lipinski definition) is 1. The van der Waals surface area contributed by atoms with Crippen molar-refractivity contribution >= 4 is 0 Å². The molecular weight excluding hydrogens is 243 g/mol. The van der Waals surface area contributed by atoms with Crippen molar-refractivity contribution in [2.75, 3.05) is 13.2 Å². The van der Waals surface area contributed by atoms with Crippen LogP contribution in [0.1, 0.15) is 38.3 Å². The van der Waals surface area contributed by atoms with Crippen LogP contribution in [-0.4, -0.2) is 18.3 Å². The predicted octanol–water partition coefficient (Wildman–Crippen LogP) is 3.12. The standard InChI is InChI=1S/C16H21FO2/c1-16(2,3)8-10-19-12-14-7-6-13(5-4-9-18)11-15(14)17/h6-7,11,18H,8-10,12H2,1-3H3. The van der Waals surface area contributed by atoms with E-state index in [9.17, 15) is 4.39 Å². The fourth-order valence-electron chi connectivity index (χ4n) is 1.44. The maximum Gasteiger partial charge on any atom is 0.129 e. The van der Waals surface area contributed by atoms with Crippen molar-refractivity contribution in [1.82, 2.24) is 0 Å². The van der Waals surface area contributed by atoms with Gasteiger partial charge in [-0.1, -0.05) is 38.7 Å². The SMILES string of the molecule is CC(C)(C)CCOCc1ccc(C#CCO)cc1F. The Labute approximate surface area is 114 Å². The molecule has 0 amide bonds. The van der Waals surface area contributed by atoms with Crippen LogP contribution >= 0.6 is 0 Å². The van der Waals surface area contributed by atoms with Gasteiger partial charge in [0.15, 0.2) is 0 Å². The lowest BCUT2D eigenvalue weighted by atomic mass is 9.93. The first-order valence-electron chi connectivity index (χ1n) is 6.38. The Balaban J connectivity index is 2.51. The minimum Gasteiger partial charge on any atom is -0.384 e. The first kappa shape index (κ1) is 15.7. The van der Waals surface area contributed by atoms with Gasteiger partial charge in [0.05, 0.1) is 6.61 Å². The molecule has 0 aliphatic rings. The van der Waals surface area contributed by atoms with Gasteiger partial charge < -0.3 is 9.84 Å². The maximum absolute atomic E-state index is 13.7. The van der Waals surface area contributed by atoms with E-state index in [2.05, 4.69) is 32.6 Å². The third-order valence-corrected chi connectivity index (χ3v) is 2.62. The van der Waals surface area contributed by atoms with E-state index >= 15 is 0 Å². The Hall–Kier alpha value is -1.37. The molecule has 1 aromatic carbocycles. The van der Waals surface area contributed by atoms with Crippen LogP contribution in [0.4, 0.5) is 4.39 Å². The third-order valence-electron chi connectivity index (χ3n) is 2.62. The molecule has 0 radical (unpaired) electrons. The molecule has 0 saturated carbocycles. The summed E-state index contributed by atoms with van der Waals surface area (Å²) < 4.78 is 19.2. The van der Waals surface area contributed by atoms with Gasteiger partial charge in [0.25, 0.3) is 0 Å². The van der Waals surface area contributed by atoms with E-state index in [-0.39, 0.29) is 24.4 Å². The minimum atomic E-state index is -0.319. The number of halogens is 1. The molecule has 1 aromatic rings. The van der Waals surface area contributed by atoms with Gasteiger partial charge >= 0.3 is 0 Å². The number of benzene rings is 1. The molecule has 0 aliphatic carbocycles. The molecule has 0 heterocycles. The van der Waals surface area contributed by atoms with Crippen LogP contribution in [0.15, 0.2) is 18.2 Å². The number of rotatable bonds is 4. The summed E-state index contributed by atoms with van der Waals surface area (Å²) in [5, 5.41) is 8.57. The summed E-state index contributed by atoms with van der Waals surface area (Å²) in [6, 6.07) is 4.77. The highest BCUT2D eigenvalue weighted by Gasteiger charge is 2.10. The van der Waals surface area contributed by atoms with E-state index in [0.717, 1.165) is 6.42 Å². The van der Waals surface area contributed by atoms with Crippen molar-refractivity contribution in [3.05, 3.63) is 35.1 Å². The monoisotopic (exact) mass is 264 g/mol. The molecular formula is C16H21FO2. The van der Waals surface area contributed by atoms with Crippen LogP contribution < -0.4 is 0 Å². The second-order valence-corrected chi connectivity index (χ2v) is 5.63. The summed E-state index contributed by atoms with van der Waals surface area (Å²) in [5.41, 5.74) is 1.32. The fraction of sp³-hybridized carbons (Fsp3) is 0.500. The second kappa shape index (κ2) is 7.28. The minimum absolute atomic E-state index is 0.223. The van der Waals surface area contributed by atoms with Crippen LogP contribution in [0.2, 0.25) is 0 Å². The lowest BCUT2D eigenvalue weighted by Crippen LogP contribution is -2.09. The summed E-state index contributed by atoms with van der Waals surface area (Å²) in [6.07, 6.45) is 0.939. The highest BCUT2D eigenvalue weighted by molar-refractivity contribution is 5.36. The lowest BCUT2D eigenvalue weighted by molar-refractivity contribution is 0.0943.